The molecule has 0 atom stereocenters. The number of hydrogen-bond donors (Lipinski definition) is 0. The average molecular weight is 458 g/mol. The molecule has 1 heterocycles. The summed E-state index contributed by atoms with van der Waals surface area (Å²) in [6.07, 6.45) is -4.73. The summed E-state index contributed by atoms with van der Waals surface area (Å²) in [5, 5.41) is 3.71. The van der Waals surface area contributed by atoms with E-state index in [0.717, 1.165) is 4.68 Å². The van der Waals surface area contributed by atoms with E-state index in [2.05, 4.69) is 5.10 Å². The van der Waals surface area contributed by atoms with E-state index in [-0.39, 0.29) is 16.3 Å². The van der Waals surface area contributed by atoms with E-state index in [1.807, 2.05) is 0 Å². The van der Waals surface area contributed by atoms with Crippen LogP contribution in [0.1, 0.15) is 21.6 Å². The number of methoxy groups -OCH3 is 1. The minimum Gasteiger partial charge on any atom is -0.497 e. The van der Waals surface area contributed by atoms with Crippen molar-refractivity contribution in [3.63, 3.8) is 0 Å². The molecule has 1 aromatic heterocycles. The molecular formula is C20H16Cl2F3N3O2. The molecule has 0 N–H and O–H groups in total. The largest absolute Gasteiger partial charge is 0.497 e. The summed E-state index contributed by atoms with van der Waals surface area (Å²) in [5.74, 6) is 0.0120. The smallest absolute Gasteiger partial charge is 0.435 e. The summed E-state index contributed by atoms with van der Waals surface area (Å²) < 4.78 is 46.5. The molecule has 158 valence electrons. The van der Waals surface area contributed by atoms with Crippen molar-refractivity contribution in [2.75, 3.05) is 12.0 Å². The van der Waals surface area contributed by atoms with E-state index in [1.165, 1.54) is 43.3 Å². The van der Waals surface area contributed by atoms with Crippen molar-refractivity contribution >= 4 is 34.8 Å². The SMILES string of the molecule is COc1ccc(N(Cc2c(C(F)(F)F)nn(C)c2Cl)C(=O)c2ccc(Cl)cc2)cc1. The Morgan fingerprint density at radius 2 is 1.70 bits per heavy atom. The molecule has 3 aromatic rings. The molecule has 0 bridgehead atoms. The zero-order valence-corrected chi connectivity index (χ0v) is 17.4. The Labute approximate surface area is 180 Å². The lowest BCUT2D eigenvalue weighted by Gasteiger charge is -2.24. The predicted molar refractivity (Wildman–Crippen MR) is 108 cm³/mol. The standard InChI is InChI=1S/C20H16Cl2F3N3O2/c1-27-18(22)16(17(26-27)20(23,24)25)11-28(14-7-9-15(30-2)10-8-14)19(29)12-3-5-13(21)6-4-12/h3-10H,11H2,1-2H3. The van der Waals surface area contributed by atoms with Crippen LogP contribution in [0.4, 0.5) is 18.9 Å². The summed E-state index contributed by atoms with van der Waals surface area (Å²) in [4.78, 5) is 14.4. The van der Waals surface area contributed by atoms with Gasteiger partial charge in [-0.3, -0.25) is 9.48 Å². The van der Waals surface area contributed by atoms with Crippen molar-refractivity contribution < 1.29 is 22.7 Å². The molecule has 5 nitrogen and oxygen atoms in total. The van der Waals surface area contributed by atoms with Crippen LogP contribution in [-0.2, 0) is 19.8 Å². The van der Waals surface area contributed by atoms with Gasteiger partial charge in [0.1, 0.15) is 10.9 Å². The highest BCUT2D eigenvalue weighted by Crippen LogP contribution is 2.36. The third-order valence-electron chi connectivity index (χ3n) is 4.37. The van der Waals surface area contributed by atoms with Gasteiger partial charge in [-0.05, 0) is 48.5 Å². The van der Waals surface area contributed by atoms with Gasteiger partial charge in [0.05, 0.1) is 13.7 Å². The fraction of sp³-hybridized carbons (Fsp3) is 0.200. The first kappa shape index (κ1) is 22.0. The molecule has 0 spiro atoms. The zero-order valence-electron chi connectivity index (χ0n) is 15.9. The number of carbonyl (C=O) groups is 1. The van der Waals surface area contributed by atoms with Gasteiger partial charge < -0.3 is 9.64 Å². The Morgan fingerprint density at radius 3 is 2.23 bits per heavy atom. The van der Waals surface area contributed by atoms with Gasteiger partial charge in [0.15, 0.2) is 5.69 Å². The minimum absolute atomic E-state index is 0.204. The summed E-state index contributed by atoms with van der Waals surface area (Å²) in [7, 11) is 2.79. The fourth-order valence-corrected chi connectivity index (χ4v) is 3.18. The first-order valence-electron chi connectivity index (χ1n) is 8.62. The van der Waals surface area contributed by atoms with E-state index in [4.69, 9.17) is 27.9 Å². The number of rotatable bonds is 5. The summed E-state index contributed by atoms with van der Waals surface area (Å²) in [5.41, 5.74) is -0.824. The number of carbonyl (C=O) groups excluding carboxylic acids is 1. The van der Waals surface area contributed by atoms with Gasteiger partial charge in [0.2, 0.25) is 0 Å². The number of aryl methyl sites for hydroxylation is 1. The Morgan fingerprint density at radius 1 is 1.10 bits per heavy atom. The predicted octanol–water partition coefficient (Wildman–Crippen LogP) is 5.60. The number of benzene rings is 2. The van der Waals surface area contributed by atoms with Crippen molar-refractivity contribution in [1.29, 1.82) is 0 Å². The molecule has 10 heteroatoms. The molecule has 0 radical (unpaired) electrons. The topological polar surface area (TPSA) is 47.4 Å². The lowest BCUT2D eigenvalue weighted by atomic mass is 10.1. The lowest BCUT2D eigenvalue weighted by molar-refractivity contribution is -0.142. The summed E-state index contributed by atoms with van der Waals surface area (Å²) in [6.45, 7) is -0.435. The Kier molecular flexibility index (Phi) is 6.28. The Bertz CT molecular complexity index is 1050. The van der Waals surface area contributed by atoms with Gasteiger partial charge in [-0.1, -0.05) is 23.2 Å². The van der Waals surface area contributed by atoms with Crippen LogP contribution in [0.25, 0.3) is 0 Å². The number of halogens is 5. The number of aromatic nitrogens is 2. The van der Waals surface area contributed by atoms with Crippen LogP contribution in [-0.4, -0.2) is 22.8 Å². The van der Waals surface area contributed by atoms with Gasteiger partial charge in [0, 0.05) is 28.9 Å². The normalized spacial score (nSPS) is 11.4. The Hall–Kier alpha value is -2.71. The second kappa shape index (κ2) is 8.57. The van der Waals surface area contributed by atoms with Crippen molar-refractivity contribution in [1.82, 2.24) is 9.78 Å². The highest BCUT2D eigenvalue weighted by Gasteiger charge is 2.39. The lowest BCUT2D eigenvalue weighted by Crippen LogP contribution is -2.31. The van der Waals surface area contributed by atoms with Gasteiger partial charge in [-0.15, -0.1) is 0 Å². The molecule has 0 aliphatic heterocycles. The maximum absolute atomic E-state index is 13.5. The zero-order chi connectivity index (χ0) is 22.1. The number of hydrogen-bond acceptors (Lipinski definition) is 3. The number of amides is 1. The first-order chi connectivity index (χ1) is 14.1. The second-order valence-corrected chi connectivity index (χ2v) is 7.13. The van der Waals surface area contributed by atoms with Gasteiger partial charge in [-0.2, -0.15) is 18.3 Å². The molecule has 1 amide bonds. The number of anilines is 1. The Balaban J connectivity index is 2.08. The molecule has 0 saturated heterocycles. The van der Waals surface area contributed by atoms with Crippen LogP contribution < -0.4 is 9.64 Å². The maximum atomic E-state index is 13.5. The van der Waals surface area contributed by atoms with Crippen LogP contribution in [0.3, 0.4) is 0 Å². The van der Waals surface area contributed by atoms with Crippen molar-refractivity contribution in [3.05, 3.63) is 75.5 Å². The van der Waals surface area contributed by atoms with Crippen LogP contribution in [0.5, 0.6) is 5.75 Å². The fourth-order valence-electron chi connectivity index (χ4n) is 2.86. The van der Waals surface area contributed by atoms with Crippen LogP contribution in [0.15, 0.2) is 48.5 Å². The van der Waals surface area contributed by atoms with Crippen LogP contribution in [0, 0.1) is 0 Å². The van der Waals surface area contributed by atoms with E-state index in [9.17, 15) is 18.0 Å². The van der Waals surface area contributed by atoms with Crippen LogP contribution >= 0.6 is 23.2 Å². The molecule has 0 saturated carbocycles. The third kappa shape index (κ3) is 4.55. The molecule has 0 unspecified atom stereocenters. The summed E-state index contributed by atoms with van der Waals surface area (Å²) in [6, 6.07) is 12.4. The van der Waals surface area contributed by atoms with E-state index in [1.54, 1.807) is 24.3 Å². The highest BCUT2D eigenvalue weighted by atomic mass is 35.5. The van der Waals surface area contributed by atoms with E-state index < -0.39 is 24.3 Å². The second-order valence-electron chi connectivity index (χ2n) is 6.34. The van der Waals surface area contributed by atoms with Crippen LogP contribution in [0.2, 0.25) is 10.2 Å². The average Bonchev–Trinajstić information content (AvgIpc) is 3.01. The van der Waals surface area contributed by atoms with Gasteiger partial charge in [0.25, 0.3) is 5.91 Å². The number of ether oxygens (including phenoxy) is 1. The third-order valence-corrected chi connectivity index (χ3v) is 5.10. The van der Waals surface area contributed by atoms with Crippen molar-refractivity contribution in [2.24, 2.45) is 7.05 Å². The molecule has 0 fully saturated rings. The maximum Gasteiger partial charge on any atom is 0.435 e. The van der Waals surface area contributed by atoms with Crippen molar-refractivity contribution in [3.8, 4) is 5.75 Å². The first-order valence-corrected chi connectivity index (χ1v) is 9.37. The quantitative estimate of drug-likeness (QED) is 0.500. The number of alkyl halides is 3. The van der Waals surface area contributed by atoms with Gasteiger partial charge in [-0.25, -0.2) is 0 Å². The van der Waals surface area contributed by atoms with E-state index >= 15 is 0 Å². The molecule has 3 rings (SSSR count). The van der Waals surface area contributed by atoms with Crippen molar-refractivity contribution in [2.45, 2.75) is 12.7 Å². The van der Waals surface area contributed by atoms with E-state index in [0.29, 0.717) is 16.5 Å². The molecular weight excluding hydrogens is 442 g/mol. The molecule has 2 aromatic carbocycles. The molecule has 0 aliphatic carbocycles. The monoisotopic (exact) mass is 457 g/mol. The molecule has 30 heavy (non-hydrogen) atoms. The summed E-state index contributed by atoms with van der Waals surface area (Å²) >= 11 is 12.0. The highest BCUT2D eigenvalue weighted by molar-refractivity contribution is 6.31. The molecule has 0 aliphatic rings. The van der Waals surface area contributed by atoms with Gasteiger partial charge >= 0.3 is 6.18 Å². The number of nitrogens with zero attached hydrogens (tertiary/aromatic N) is 3. The minimum atomic E-state index is -4.73.